The molecule has 1 unspecified atom stereocenters. The van der Waals surface area contributed by atoms with Crippen LogP contribution < -0.4 is 20.7 Å². The molecule has 8 nitrogen and oxygen atoms in total. The van der Waals surface area contributed by atoms with Crippen molar-refractivity contribution >= 4 is 11.9 Å². The van der Waals surface area contributed by atoms with Gasteiger partial charge in [-0.05, 0) is 38.5 Å². The van der Waals surface area contributed by atoms with Gasteiger partial charge in [-0.2, -0.15) is 0 Å². The Labute approximate surface area is 161 Å². The fourth-order valence-electron chi connectivity index (χ4n) is 2.19. The molecule has 1 amide bonds. The van der Waals surface area contributed by atoms with Crippen LogP contribution in [-0.4, -0.2) is 63.0 Å². The van der Waals surface area contributed by atoms with E-state index in [1.807, 2.05) is 45.0 Å². The molecule has 4 N–H and O–H groups in total. The van der Waals surface area contributed by atoms with E-state index in [1.165, 1.54) is 0 Å². The predicted octanol–water partition coefficient (Wildman–Crippen LogP) is 0.825. The van der Waals surface area contributed by atoms with Gasteiger partial charge >= 0.3 is 0 Å². The summed E-state index contributed by atoms with van der Waals surface area (Å²) in [7, 11) is 1.58. The second-order valence-electron chi connectivity index (χ2n) is 6.17. The number of hydrogen-bond acceptors (Lipinski definition) is 5. The van der Waals surface area contributed by atoms with Gasteiger partial charge in [0.15, 0.2) is 5.96 Å². The zero-order valence-electron chi connectivity index (χ0n) is 16.6. The summed E-state index contributed by atoms with van der Waals surface area (Å²) in [5.74, 6) is 1.05. The van der Waals surface area contributed by atoms with Gasteiger partial charge in [-0.1, -0.05) is 12.1 Å². The molecule has 0 saturated carbocycles. The number of nitrogens with zero attached hydrogens (tertiary/aromatic N) is 1. The molecule has 1 aromatic rings. The van der Waals surface area contributed by atoms with Gasteiger partial charge in [0.25, 0.3) is 0 Å². The van der Waals surface area contributed by atoms with Gasteiger partial charge in [-0.25, -0.2) is 4.99 Å². The maximum Gasteiger partial charge on any atom is 0.241 e. The Morgan fingerprint density at radius 2 is 1.89 bits per heavy atom. The van der Waals surface area contributed by atoms with Crippen molar-refractivity contribution < 1.29 is 19.4 Å². The molecule has 0 bridgehead atoms. The first kappa shape index (κ1) is 22.7. The topological polar surface area (TPSA) is 104 Å². The van der Waals surface area contributed by atoms with Crippen molar-refractivity contribution in [2.45, 2.75) is 33.0 Å². The lowest BCUT2D eigenvalue weighted by atomic mass is 10.1. The summed E-state index contributed by atoms with van der Waals surface area (Å²) >= 11 is 0. The van der Waals surface area contributed by atoms with Crippen LogP contribution in [0, 0.1) is 0 Å². The Balaban J connectivity index is 2.52. The maximum atomic E-state index is 11.7. The number of aliphatic hydroxyl groups excluding tert-OH is 1. The van der Waals surface area contributed by atoms with Crippen LogP contribution in [0.2, 0.25) is 0 Å². The lowest BCUT2D eigenvalue weighted by Gasteiger charge is -2.16. The van der Waals surface area contributed by atoms with E-state index in [0.29, 0.717) is 25.7 Å². The Bertz CT molecular complexity index is 576. The van der Waals surface area contributed by atoms with Crippen molar-refractivity contribution in [3.63, 3.8) is 0 Å². The molecule has 0 aromatic heterocycles. The number of aliphatic hydroxyl groups is 1. The zero-order valence-corrected chi connectivity index (χ0v) is 16.6. The molecule has 152 valence electrons. The van der Waals surface area contributed by atoms with E-state index in [2.05, 4.69) is 20.9 Å². The number of amides is 1. The smallest absolute Gasteiger partial charge is 0.241 e. The van der Waals surface area contributed by atoms with Gasteiger partial charge in [0, 0.05) is 26.7 Å². The Hall–Kier alpha value is -2.32. The van der Waals surface area contributed by atoms with Crippen molar-refractivity contribution in [1.29, 1.82) is 0 Å². The largest absolute Gasteiger partial charge is 0.491 e. The van der Waals surface area contributed by atoms with Crippen LogP contribution in [0.1, 0.15) is 32.4 Å². The maximum absolute atomic E-state index is 11.7. The zero-order chi connectivity index (χ0) is 20.1. The van der Waals surface area contributed by atoms with E-state index < -0.39 is 6.10 Å². The molecule has 1 rings (SSSR count). The molecule has 1 atom stereocenters. The molecule has 1 aromatic carbocycles. The number of aliphatic imine (C=N–C) groups is 1. The molecule has 0 radical (unpaired) electrons. The summed E-state index contributed by atoms with van der Waals surface area (Å²) in [6.07, 6.45) is -0.606. The number of benzene rings is 1. The van der Waals surface area contributed by atoms with Crippen molar-refractivity contribution in [2.24, 2.45) is 4.99 Å². The van der Waals surface area contributed by atoms with Gasteiger partial charge in [-0.3, -0.25) is 4.79 Å². The van der Waals surface area contributed by atoms with Gasteiger partial charge in [0.05, 0.1) is 18.8 Å². The van der Waals surface area contributed by atoms with E-state index in [1.54, 1.807) is 7.11 Å². The SMILES string of the molecule is CCNC(=NCC(=O)NCCOC)NCC(O)c1ccc(OC(C)C)cc1. The third-order valence-electron chi connectivity index (χ3n) is 3.45. The molecule has 0 fully saturated rings. The van der Waals surface area contributed by atoms with Crippen molar-refractivity contribution in [3.8, 4) is 5.75 Å². The van der Waals surface area contributed by atoms with Crippen LogP contribution >= 0.6 is 0 Å². The van der Waals surface area contributed by atoms with E-state index in [0.717, 1.165) is 11.3 Å². The molecule has 0 aliphatic rings. The van der Waals surface area contributed by atoms with Crippen LogP contribution in [0.3, 0.4) is 0 Å². The first-order valence-corrected chi connectivity index (χ1v) is 9.18. The molecule has 0 heterocycles. The summed E-state index contributed by atoms with van der Waals surface area (Å²) in [5, 5.41) is 19.1. The van der Waals surface area contributed by atoms with Crippen LogP contribution in [0.15, 0.2) is 29.3 Å². The van der Waals surface area contributed by atoms with Gasteiger partial charge < -0.3 is 30.5 Å². The molecule has 8 heteroatoms. The van der Waals surface area contributed by atoms with Gasteiger partial charge in [0.2, 0.25) is 5.91 Å². The molecule has 0 aliphatic heterocycles. The Morgan fingerprint density at radius 3 is 2.48 bits per heavy atom. The van der Waals surface area contributed by atoms with Crippen LogP contribution in [0.5, 0.6) is 5.75 Å². The predicted molar refractivity (Wildman–Crippen MR) is 106 cm³/mol. The van der Waals surface area contributed by atoms with Crippen LogP contribution in [-0.2, 0) is 9.53 Å². The summed E-state index contributed by atoms with van der Waals surface area (Å²) in [6, 6.07) is 7.33. The molecular weight excluding hydrogens is 348 g/mol. The van der Waals surface area contributed by atoms with Crippen molar-refractivity contribution in [1.82, 2.24) is 16.0 Å². The van der Waals surface area contributed by atoms with Crippen molar-refractivity contribution in [2.75, 3.05) is 39.9 Å². The fraction of sp³-hybridized carbons (Fsp3) is 0.579. The molecule has 27 heavy (non-hydrogen) atoms. The first-order chi connectivity index (χ1) is 13.0. The van der Waals surface area contributed by atoms with Crippen LogP contribution in [0.25, 0.3) is 0 Å². The number of carbonyl (C=O) groups is 1. The number of guanidine groups is 1. The summed E-state index contributed by atoms with van der Waals surface area (Å²) in [5.41, 5.74) is 0.770. The number of ether oxygens (including phenoxy) is 2. The lowest BCUT2D eigenvalue weighted by molar-refractivity contribution is -0.119. The highest BCUT2D eigenvalue weighted by Crippen LogP contribution is 2.18. The average Bonchev–Trinajstić information content (AvgIpc) is 2.64. The summed E-state index contributed by atoms with van der Waals surface area (Å²) in [4.78, 5) is 15.9. The average molecular weight is 380 g/mol. The normalized spacial score (nSPS) is 12.6. The Kier molecular flexibility index (Phi) is 10.9. The van der Waals surface area contributed by atoms with E-state index in [4.69, 9.17) is 9.47 Å². The second-order valence-corrected chi connectivity index (χ2v) is 6.17. The number of nitrogens with one attached hydrogen (secondary N) is 3. The minimum Gasteiger partial charge on any atom is -0.491 e. The standard InChI is InChI=1S/C19H32N4O4/c1-5-20-19(23-13-18(25)21-10-11-26-4)22-12-17(24)15-6-8-16(9-7-15)27-14(2)3/h6-9,14,17,24H,5,10-13H2,1-4H3,(H,21,25)(H2,20,22,23). The second kappa shape index (κ2) is 12.9. The summed E-state index contributed by atoms with van der Waals surface area (Å²) < 4.78 is 10.5. The van der Waals surface area contributed by atoms with Crippen molar-refractivity contribution in [3.05, 3.63) is 29.8 Å². The number of methoxy groups -OCH3 is 1. The van der Waals surface area contributed by atoms with Gasteiger partial charge in [-0.15, -0.1) is 0 Å². The highest BCUT2D eigenvalue weighted by molar-refractivity contribution is 5.84. The monoisotopic (exact) mass is 380 g/mol. The van der Waals surface area contributed by atoms with E-state index >= 15 is 0 Å². The quantitative estimate of drug-likeness (QED) is 0.257. The Morgan fingerprint density at radius 1 is 1.19 bits per heavy atom. The number of rotatable bonds is 11. The summed E-state index contributed by atoms with van der Waals surface area (Å²) in [6.45, 7) is 7.68. The molecule has 0 spiro atoms. The highest BCUT2D eigenvalue weighted by Gasteiger charge is 2.09. The third-order valence-corrected chi connectivity index (χ3v) is 3.45. The minimum absolute atomic E-state index is 0.00359. The third kappa shape index (κ3) is 9.81. The molecule has 0 saturated heterocycles. The van der Waals surface area contributed by atoms with Gasteiger partial charge in [0.1, 0.15) is 12.3 Å². The molecular formula is C19H32N4O4. The first-order valence-electron chi connectivity index (χ1n) is 9.18. The lowest BCUT2D eigenvalue weighted by Crippen LogP contribution is -2.40. The van der Waals surface area contributed by atoms with E-state index in [-0.39, 0.29) is 25.1 Å². The highest BCUT2D eigenvalue weighted by atomic mass is 16.5. The minimum atomic E-state index is -0.711. The fourth-order valence-corrected chi connectivity index (χ4v) is 2.19. The van der Waals surface area contributed by atoms with Crippen LogP contribution in [0.4, 0.5) is 0 Å². The molecule has 0 aliphatic carbocycles. The van der Waals surface area contributed by atoms with E-state index in [9.17, 15) is 9.90 Å². The number of hydrogen-bond donors (Lipinski definition) is 4. The number of carbonyl (C=O) groups excluding carboxylic acids is 1.